The number of rotatable bonds is 18. The molecule has 3 aromatic rings. The monoisotopic (exact) mass is 564 g/mol. The predicted molar refractivity (Wildman–Crippen MR) is 188 cm³/mol. The van der Waals surface area contributed by atoms with Crippen molar-refractivity contribution in [2.45, 2.75) is 131 Å². The molecule has 0 saturated carbocycles. The number of nitrogens with zero attached hydrogens (tertiary/aromatic N) is 2. The van der Waals surface area contributed by atoms with Gasteiger partial charge in [-0.1, -0.05) is 115 Å². The first-order chi connectivity index (χ1) is 20.5. The van der Waals surface area contributed by atoms with Crippen LogP contribution in [0.25, 0.3) is 11.1 Å². The van der Waals surface area contributed by atoms with Crippen LogP contribution in [0.1, 0.15) is 128 Å². The van der Waals surface area contributed by atoms with Crippen molar-refractivity contribution < 1.29 is 0 Å². The summed E-state index contributed by atoms with van der Waals surface area (Å²) in [7, 11) is 0. The van der Waals surface area contributed by atoms with E-state index in [0.717, 1.165) is 48.5 Å². The normalized spacial score (nSPS) is 12.2. The Hall–Kier alpha value is -3.00. The van der Waals surface area contributed by atoms with Gasteiger partial charge in [-0.15, -0.1) is 0 Å². The SMILES string of the molecule is CCCCCCCCc1cc(N=C(CC)C(C)=Nc2cc(CCCCCC)cc(-c3ccccc3)c2)cc(C)c1CC. The van der Waals surface area contributed by atoms with E-state index < -0.39 is 0 Å². The van der Waals surface area contributed by atoms with Crippen LogP contribution >= 0.6 is 0 Å². The first kappa shape index (κ1) is 33.5. The maximum atomic E-state index is 5.20. The predicted octanol–water partition coefficient (Wildman–Crippen LogP) is 12.5. The number of hydrogen-bond acceptors (Lipinski definition) is 2. The fourth-order valence-corrected chi connectivity index (χ4v) is 6.02. The van der Waals surface area contributed by atoms with E-state index in [-0.39, 0.29) is 0 Å². The Morgan fingerprint density at radius 2 is 1.26 bits per heavy atom. The molecule has 0 fully saturated rings. The van der Waals surface area contributed by atoms with Crippen LogP contribution in [0.4, 0.5) is 11.4 Å². The van der Waals surface area contributed by atoms with Crippen molar-refractivity contribution in [1.82, 2.24) is 0 Å². The average molecular weight is 565 g/mol. The molecule has 2 nitrogen and oxygen atoms in total. The highest BCUT2D eigenvalue weighted by molar-refractivity contribution is 6.42. The number of unbranched alkanes of at least 4 members (excludes halogenated alkanes) is 8. The van der Waals surface area contributed by atoms with Gasteiger partial charge in [-0.2, -0.15) is 0 Å². The van der Waals surface area contributed by atoms with Crippen LogP contribution in [-0.2, 0) is 19.3 Å². The van der Waals surface area contributed by atoms with Gasteiger partial charge in [-0.25, -0.2) is 0 Å². The molecular weight excluding hydrogens is 508 g/mol. The Balaban J connectivity index is 1.88. The average Bonchev–Trinajstić information content (AvgIpc) is 3.00. The lowest BCUT2D eigenvalue weighted by molar-refractivity contribution is 0.606. The molecule has 0 heterocycles. The van der Waals surface area contributed by atoms with Crippen LogP contribution in [0.15, 0.2) is 70.6 Å². The second-order valence-corrected chi connectivity index (χ2v) is 11.9. The maximum absolute atomic E-state index is 5.20. The smallest absolute Gasteiger partial charge is 0.0642 e. The van der Waals surface area contributed by atoms with Crippen LogP contribution < -0.4 is 0 Å². The molecule has 0 radical (unpaired) electrons. The van der Waals surface area contributed by atoms with E-state index in [0.29, 0.717) is 0 Å². The lowest BCUT2D eigenvalue weighted by Crippen LogP contribution is -2.08. The molecule has 0 aliphatic heterocycles. The Kier molecular flexibility index (Phi) is 14.8. The number of benzene rings is 3. The second-order valence-electron chi connectivity index (χ2n) is 11.9. The van der Waals surface area contributed by atoms with Gasteiger partial charge >= 0.3 is 0 Å². The molecule has 0 saturated heterocycles. The number of aryl methyl sites for hydroxylation is 3. The van der Waals surface area contributed by atoms with Crippen LogP contribution in [-0.4, -0.2) is 11.4 Å². The van der Waals surface area contributed by atoms with Crippen LogP contribution in [0.5, 0.6) is 0 Å². The summed E-state index contributed by atoms with van der Waals surface area (Å²) in [5, 5.41) is 0. The minimum atomic E-state index is 0.860. The molecule has 0 aliphatic carbocycles. The van der Waals surface area contributed by atoms with Crippen molar-refractivity contribution in [3.05, 3.63) is 82.9 Å². The Labute approximate surface area is 257 Å². The van der Waals surface area contributed by atoms with Crippen molar-refractivity contribution in [2.75, 3.05) is 0 Å². The zero-order valence-corrected chi connectivity index (χ0v) is 27.6. The first-order valence-electron chi connectivity index (χ1n) is 16.9. The fourth-order valence-electron chi connectivity index (χ4n) is 6.02. The lowest BCUT2D eigenvalue weighted by Gasteiger charge is -2.14. The summed E-state index contributed by atoms with van der Waals surface area (Å²) in [5.74, 6) is 0. The summed E-state index contributed by atoms with van der Waals surface area (Å²) in [6, 6.07) is 22.2. The zero-order valence-electron chi connectivity index (χ0n) is 27.6. The molecule has 0 N–H and O–H groups in total. The summed E-state index contributed by atoms with van der Waals surface area (Å²) >= 11 is 0. The quantitative estimate of drug-likeness (QED) is 0.108. The topological polar surface area (TPSA) is 24.7 Å². The van der Waals surface area contributed by atoms with E-state index in [9.17, 15) is 0 Å². The first-order valence-corrected chi connectivity index (χ1v) is 16.9. The van der Waals surface area contributed by atoms with Gasteiger partial charge in [0.15, 0.2) is 0 Å². The van der Waals surface area contributed by atoms with Crippen molar-refractivity contribution >= 4 is 22.8 Å². The molecular formula is C40H56N2. The van der Waals surface area contributed by atoms with Gasteiger partial charge in [0.05, 0.1) is 22.8 Å². The van der Waals surface area contributed by atoms with E-state index in [1.165, 1.54) is 97.6 Å². The summed E-state index contributed by atoms with van der Waals surface area (Å²) in [6.07, 6.45) is 17.3. The van der Waals surface area contributed by atoms with E-state index in [2.05, 4.69) is 102 Å². The second kappa shape index (κ2) is 18.5. The molecule has 0 aromatic heterocycles. The number of hydrogen-bond donors (Lipinski definition) is 0. The number of aliphatic imine (C=N–C) groups is 2. The summed E-state index contributed by atoms with van der Waals surface area (Å²) in [4.78, 5) is 10.4. The highest BCUT2D eigenvalue weighted by Gasteiger charge is 2.10. The molecule has 0 bridgehead atoms. The van der Waals surface area contributed by atoms with Crippen molar-refractivity contribution in [2.24, 2.45) is 9.98 Å². The third kappa shape index (κ3) is 10.7. The molecule has 0 spiro atoms. The molecule has 0 amide bonds. The van der Waals surface area contributed by atoms with Gasteiger partial charge in [0, 0.05) is 0 Å². The van der Waals surface area contributed by atoms with Gasteiger partial charge in [-0.3, -0.25) is 9.98 Å². The Bertz CT molecular complexity index is 1280. The standard InChI is InChI=1S/C40H56N2/c1-7-11-13-15-16-19-25-35-29-37(26-31(5)39(35)9-3)42-40(10-4)32(6)41-38-28-33(22-18-14-12-8-2)27-36(30-38)34-23-20-17-21-24-34/h17,20-21,23-24,26-30H,7-16,18-19,22,25H2,1-6H3. The van der Waals surface area contributed by atoms with Crippen molar-refractivity contribution in [3.8, 4) is 11.1 Å². The van der Waals surface area contributed by atoms with Crippen LogP contribution in [0.2, 0.25) is 0 Å². The molecule has 226 valence electrons. The van der Waals surface area contributed by atoms with Gasteiger partial charge in [0.2, 0.25) is 0 Å². The molecule has 3 rings (SSSR count). The molecule has 0 unspecified atom stereocenters. The van der Waals surface area contributed by atoms with Gasteiger partial charge in [0.25, 0.3) is 0 Å². The minimum Gasteiger partial charge on any atom is -0.252 e. The summed E-state index contributed by atoms with van der Waals surface area (Å²) in [5.41, 5.74) is 12.4. The molecule has 3 aromatic carbocycles. The highest BCUT2D eigenvalue weighted by atomic mass is 14.8. The molecule has 2 heteroatoms. The summed E-state index contributed by atoms with van der Waals surface area (Å²) in [6.45, 7) is 13.4. The zero-order chi connectivity index (χ0) is 30.2. The lowest BCUT2D eigenvalue weighted by atomic mass is 9.94. The highest BCUT2D eigenvalue weighted by Crippen LogP contribution is 2.29. The minimum absolute atomic E-state index is 0.860. The Morgan fingerprint density at radius 3 is 1.95 bits per heavy atom. The summed E-state index contributed by atoms with van der Waals surface area (Å²) < 4.78 is 0. The largest absolute Gasteiger partial charge is 0.252 e. The van der Waals surface area contributed by atoms with E-state index in [4.69, 9.17) is 9.98 Å². The van der Waals surface area contributed by atoms with Crippen molar-refractivity contribution in [3.63, 3.8) is 0 Å². The van der Waals surface area contributed by atoms with Crippen LogP contribution in [0, 0.1) is 6.92 Å². The maximum Gasteiger partial charge on any atom is 0.0642 e. The van der Waals surface area contributed by atoms with E-state index in [1.54, 1.807) is 0 Å². The van der Waals surface area contributed by atoms with E-state index in [1.807, 2.05) is 0 Å². The molecule has 0 atom stereocenters. The van der Waals surface area contributed by atoms with Crippen LogP contribution in [0.3, 0.4) is 0 Å². The van der Waals surface area contributed by atoms with Gasteiger partial charge in [-0.05, 0) is 110 Å². The Morgan fingerprint density at radius 1 is 0.619 bits per heavy atom. The third-order valence-corrected chi connectivity index (χ3v) is 8.42. The molecule has 42 heavy (non-hydrogen) atoms. The molecule has 0 aliphatic rings. The third-order valence-electron chi connectivity index (χ3n) is 8.42. The van der Waals surface area contributed by atoms with Gasteiger partial charge in [0.1, 0.15) is 0 Å². The van der Waals surface area contributed by atoms with Gasteiger partial charge < -0.3 is 0 Å². The van der Waals surface area contributed by atoms with Crippen molar-refractivity contribution in [1.29, 1.82) is 0 Å². The fraction of sp³-hybridized carbons (Fsp3) is 0.500. The van der Waals surface area contributed by atoms with E-state index >= 15 is 0 Å².